The largest absolute Gasteiger partial charge is 0.477 e. The lowest BCUT2D eigenvalue weighted by molar-refractivity contribution is 0.0701. The fourth-order valence-electron chi connectivity index (χ4n) is 1.84. The van der Waals surface area contributed by atoms with Crippen LogP contribution in [0.5, 0.6) is 0 Å². The van der Waals surface area contributed by atoms with Gasteiger partial charge in [-0.15, -0.1) is 11.3 Å². The van der Waals surface area contributed by atoms with Crippen LogP contribution in [0.2, 0.25) is 0 Å². The Balaban J connectivity index is 3.03. The molecule has 0 radical (unpaired) electrons. The maximum Gasteiger partial charge on any atom is 0.346 e. The van der Waals surface area contributed by atoms with Crippen molar-refractivity contribution < 1.29 is 9.90 Å². The molecule has 0 aliphatic rings. The number of carboxylic acid groups (broad SMARTS) is 1. The van der Waals surface area contributed by atoms with Gasteiger partial charge in [-0.1, -0.05) is 27.7 Å². The van der Waals surface area contributed by atoms with Crippen molar-refractivity contribution in [3.8, 4) is 0 Å². The predicted octanol–water partition coefficient (Wildman–Crippen LogP) is 3.84. The van der Waals surface area contributed by atoms with Gasteiger partial charge in [0, 0.05) is 0 Å². The van der Waals surface area contributed by atoms with Gasteiger partial charge in [0.25, 0.3) is 0 Å². The van der Waals surface area contributed by atoms with Gasteiger partial charge in [0.05, 0.1) is 0 Å². The third-order valence-electron chi connectivity index (χ3n) is 2.42. The summed E-state index contributed by atoms with van der Waals surface area (Å²) in [5.41, 5.74) is 2.28. The Labute approximate surface area is 101 Å². The number of aromatic carboxylic acids is 1. The van der Waals surface area contributed by atoms with E-state index in [1.165, 1.54) is 16.9 Å². The van der Waals surface area contributed by atoms with Gasteiger partial charge in [0.15, 0.2) is 0 Å². The highest BCUT2D eigenvalue weighted by Gasteiger charge is 2.18. The first kappa shape index (κ1) is 13.2. The molecule has 3 heteroatoms. The monoisotopic (exact) mass is 240 g/mol. The highest BCUT2D eigenvalue weighted by Crippen LogP contribution is 2.27. The molecule has 16 heavy (non-hydrogen) atoms. The summed E-state index contributed by atoms with van der Waals surface area (Å²) in [5, 5.41) is 11.2. The van der Waals surface area contributed by atoms with E-state index in [1.54, 1.807) is 0 Å². The molecule has 0 aromatic carbocycles. The summed E-state index contributed by atoms with van der Waals surface area (Å²) in [5.74, 6) is 0.288. The molecule has 1 aromatic rings. The van der Waals surface area contributed by atoms with Crippen molar-refractivity contribution in [2.75, 3.05) is 0 Å². The van der Waals surface area contributed by atoms with Gasteiger partial charge in [-0.2, -0.15) is 0 Å². The van der Waals surface area contributed by atoms with Crippen LogP contribution >= 0.6 is 11.3 Å². The molecule has 1 rings (SSSR count). The van der Waals surface area contributed by atoms with Gasteiger partial charge >= 0.3 is 5.97 Å². The van der Waals surface area contributed by atoms with E-state index in [9.17, 15) is 4.79 Å². The van der Waals surface area contributed by atoms with Crippen LogP contribution in [0.3, 0.4) is 0 Å². The maximum atomic E-state index is 11.1. The summed E-state index contributed by atoms with van der Waals surface area (Å²) in [6.07, 6.45) is 1.85. The molecule has 0 bridgehead atoms. The number of thiophene rings is 1. The van der Waals surface area contributed by atoms with E-state index in [0.717, 1.165) is 18.4 Å². The molecule has 0 aliphatic heterocycles. The lowest BCUT2D eigenvalue weighted by Gasteiger charge is -2.10. The van der Waals surface area contributed by atoms with Crippen molar-refractivity contribution in [3.05, 3.63) is 21.4 Å². The average molecular weight is 240 g/mol. The third kappa shape index (κ3) is 3.34. The Hall–Kier alpha value is -0.830. The van der Waals surface area contributed by atoms with Crippen LogP contribution in [0.4, 0.5) is 0 Å². The molecule has 0 saturated heterocycles. The molecule has 0 fully saturated rings. The van der Waals surface area contributed by atoms with Gasteiger partial charge in [-0.3, -0.25) is 0 Å². The Morgan fingerprint density at radius 3 is 2.25 bits per heavy atom. The standard InChI is InChI=1S/C13H20O2S/c1-8(2)5-10-7-16-12(13(14)15)11(10)6-9(3)4/h7-9H,5-6H2,1-4H3,(H,14,15). The van der Waals surface area contributed by atoms with Gasteiger partial charge < -0.3 is 5.11 Å². The molecular formula is C13H20O2S. The van der Waals surface area contributed by atoms with Crippen LogP contribution in [0.15, 0.2) is 5.38 Å². The lowest BCUT2D eigenvalue weighted by Crippen LogP contribution is -2.05. The topological polar surface area (TPSA) is 37.3 Å². The molecule has 1 N–H and O–H groups in total. The summed E-state index contributed by atoms with van der Waals surface area (Å²) < 4.78 is 0. The van der Waals surface area contributed by atoms with Crippen LogP contribution < -0.4 is 0 Å². The van der Waals surface area contributed by atoms with Crippen molar-refractivity contribution in [2.45, 2.75) is 40.5 Å². The molecular weight excluding hydrogens is 220 g/mol. The molecule has 0 saturated carbocycles. The first-order chi connectivity index (χ1) is 7.41. The fourth-order valence-corrected chi connectivity index (χ4v) is 2.80. The normalized spacial score (nSPS) is 11.4. The van der Waals surface area contributed by atoms with Gasteiger partial charge in [-0.05, 0) is 41.2 Å². The number of hydrogen-bond donors (Lipinski definition) is 1. The highest BCUT2D eigenvalue weighted by atomic mass is 32.1. The summed E-state index contributed by atoms with van der Waals surface area (Å²) in [7, 11) is 0. The quantitative estimate of drug-likeness (QED) is 0.849. The predicted molar refractivity (Wildman–Crippen MR) is 68.4 cm³/mol. The fraction of sp³-hybridized carbons (Fsp3) is 0.615. The smallest absolute Gasteiger partial charge is 0.346 e. The Bertz CT molecular complexity index is 364. The van der Waals surface area contributed by atoms with Gasteiger partial charge in [0.2, 0.25) is 0 Å². The molecule has 0 atom stereocenters. The molecule has 2 nitrogen and oxygen atoms in total. The molecule has 90 valence electrons. The molecule has 0 unspecified atom stereocenters. The van der Waals surface area contributed by atoms with E-state index >= 15 is 0 Å². The molecule has 1 heterocycles. The van der Waals surface area contributed by atoms with E-state index in [2.05, 4.69) is 27.7 Å². The van der Waals surface area contributed by atoms with E-state index in [4.69, 9.17) is 5.11 Å². The van der Waals surface area contributed by atoms with Crippen molar-refractivity contribution in [1.29, 1.82) is 0 Å². The van der Waals surface area contributed by atoms with Crippen molar-refractivity contribution >= 4 is 17.3 Å². The second-order valence-corrected chi connectivity index (χ2v) is 5.95. The third-order valence-corrected chi connectivity index (χ3v) is 3.47. The summed E-state index contributed by atoms with van der Waals surface area (Å²) in [6.45, 7) is 8.58. The summed E-state index contributed by atoms with van der Waals surface area (Å²) >= 11 is 1.37. The van der Waals surface area contributed by atoms with Crippen LogP contribution in [0.25, 0.3) is 0 Å². The number of hydrogen-bond acceptors (Lipinski definition) is 2. The van der Waals surface area contributed by atoms with E-state index in [-0.39, 0.29) is 0 Å². The highest BCUT2D eigenvalue weighted by molar-refractivity contribution is 7.12. The zero-order valence-electron chi connectivity index (χ0n) is 10.4. The maximum absolute atomic E-state index is 11.1. The van der Waals surface area contributed by atoms with Crippen LogP contribution in [-0.4, -0.2) is 11.1 Å². The molecule has 1 aromatic heterocycles. The van der Waals surface area contributed by atoms with Gasteiger partial charge in [-0.25, -0.2) is 4.79 Å². The van der Waals surface area contributed by atoms with Crippen molar-refractivity contribution in [1.82, 2.24) is 0 Å². The van der Waals surface area contributed by atoms with Crippen LogP contribution in [0.1, 0.15) is 48.5 Å². The Kier molecular flexibility index (Phi) is 4.54. The second-order valence-electron chi connectivity index (χ2n) is 5.07. The van der Waals surface area contributed by atoms with Crippen LogP contribution in [0, 0.1) is 11.8 Å². The second kappa shape index (κ2) is 5.48. The van der Waals surface area contributed by atoms with E-state index < -0.39 is 5.97 Å². The molecule has 0 amide bonds. The Morgan fingerprint density at radius 2 is 1.81 bits per heavy atom. The number of carbonyl (C=O) groups is 1. The zero-order chi connectivity index (χ0) is 12.3. The van der Waals surface area contributed by atoms with Gasteiger partial charge in [0.1, 0.15) is 4.88 Å². The minimum atomic E-state index is -0.782. The first-order valence-corrected chi connectivity index (χ1v) is 6.62. The minimum Gasteiger partial charge on any atom is -0.477 e. The van der Waals surface area contributed by atoms with Crippen LogP contribution in [-0.2, 0) is 12.8 Å². The summed E-state index contributed by atoms with van der Waals surface area (Å²) in [6, 6.07) is 0. The lowest BCUT2D eigenvalue weighted by atomic mass is 9.95. The molecule has 0 spiro atoms. The Morgan fingerprint density at radius 1 is 1.25 bits per heavy atom. The van der Waals surface area contributed by atoms with Crippen molar-refractivity contribution in [2.24, 2.45) is 11.8 Å². The molecule has 0 aliphatic carbocycles. The minimum absolute atomic E-state index is 0.499. The van der Waals surface area contributed by atoms with Crippen molar-refractivity contribution in [3.63, 3.8) is 0 Å². The first-order valence-electron chi connectivity index (χ1n) is 5.74. The zero-order valence-corrected chi connectivity index (χ0v) is 11.2. The summed E-state index contributed by atoms with van der Waals surface area (Å²) in [4.78, 5) is 11.6. The number of carboxylic acids is 1. The average Bonchev–Trinajstić information content (AvgIpc) is 2.47. The van der Waals surface area contributed by atoms with E-state index in [0.29, 0.717) is 16.7 Å². The number of rotatable bonds is 5. The SMILES string of the molecule is CC(C)Cc1csc(C(=O)O)c1CC(C)C. The van der Waals surface area contributed by atoms with E-state index in [1.807, 2.05) is 5.38 Å².